The Morgan fingerprint density at radius 1 is 1.14 bits per heavy atom. The van der Waals surface area contributed by atoms with Gasteiger partial charge in [-0.25, -0.2) is 0 Å². The summed E-state index contributed by atoms with van der Waals surface area (Å²) in [6.45, 7) is 11.1. The van der Waals surface area contributed by atoms with Crippen LogP contribution in [-0.4, -0.2) is 27.4 Å². The van der Waals surface area contributed by atoms with Crippen LogP contribution in [0.15, 0.2) is 11.8 Å². The van der Waals surface area contributed by atoms with Gasteiger partial charge >= 0.3 is 7.12 Å². The quantitative estimate of drug-likeness (QED) is 0.669. The number of hydrogen-bond acceptors (Lipinski definition) is 2. The zero-order chi connectivity index (χ0) is 10.8. The lowest BCUT2D eigenvalue weighted by Gasteiger charge is -2.08. The Kier molecular flexibility index (Phi) is 3.98. The van der Waals surface area contributed by atoms with Gasteiger partial charge in [0.15, 0.2) is 0 Å². The van der Waals surface area contributed by atoms with Gasteiger partial charge in [-0.3, -0.25) is 0 Å². The van der Waals surface area contributed by atoms with Crippen molar-refractivity contribution in [3.05, 3.63) is 11.8 Å². The summed E-state index contributed by atoms with van der Waals surface area (Å²) in [5, 5.41) is 0. The van der Waals surface area contributed by atoms with Gasteiger partial charge in [-0.05, 0) is 20.2 Å². The molecule has 0 spiro atoms. The van der Waals surface area contributed by atoms with E-state index in [9.17, 15) is 0 Å². The second-order valence-corrected chi connectivity index (χ2v) is 10.2. The first-order valence-corrected chi connectivity index (χ1v) is 8.95. The molecular formula is C10H21BO2Si. The zero-order valence-corrected chi connectivity index (χ0v) is 10.9. The predicted octanol–water partition coefficient (Wildman–Crippen LogP) is 2.73. The van der Waals surface area contributed by atoms with Crippen molar-refractivity contribution >= 4 is 15.2 Å². The van der Waals surface area contributed by atoms with E-state index in [2.05, 4.69) is 45.3 Å². The molecule has 0 aliphatic carbocycles. The molecule has 1 fully saturated rings. The van der Waals surface area contributed by atoms with Crippen molar-refractivity contribution in [2.45, 2.75) is 52.0 Å². The van der Waals surface area contributed by atoms with Gasteiger partial charge in [-0.1, -0.05) is 31.4 Å². The third kappa shape index (κ3) is 3.98. The molecule has 0 aromatic carbocycles. The minimum absolute atomic E-state index is 0.0207. The van der Waals surface area contributed by atoms with E-state index in [4.69, 9.17) is 9.31 Å². The zero-order valence-electron chi connectivity index (χ0n) is 9.91. The van der Waals surface area contributed by atoms with Crippen LogP contribution in [0.25, 0.3) is 0 Å². The number of allylic oxidation sites excluding steroid dienone is 1. The minimum atomic E-state index is -1.05. The maximum absolute atomic E-state index is 5.63. The normalized spacial score (nSPS) is 29.1. The molecule has 2 unspecified atom stereocenters. The third-order valence-electron chi connectivity index (χ3n) is 2.34. The van der Waals surface area contributed by atoms with Gasteiger partial charge in [0.05, 0.1) is 20.3 Å². The van der Waals surface area contributed by atoms with Crippen LogP contribution in [0.2, 0.25) is 26.0 Å². The average Bonchev–Trinajstić information content (AvgIpc) is 2.28. The van der Waals surface area contributed by atoms with Crippen LogP contribution in [0.1, 0.15) is 13.8 Å². The summed E-state index contributed by atoms with van der Waals surface area (Å²) in [6.07, 6.45) is 3.57. The van der Waals surface area contributed by atoms with Crippen molar-refractivity contribution in [1.82, 2.24) is 0 Å². The second kappa shape index (κ2) is 4.64. The Morgan fingerprint density at radius 2 is 1.64 bits per heavy atom. The Morgan fingerprint density at radius 3 is 2.07 bits per heavy atom. The lowest BCUT2D eigenvalue weighted by molar-refractivity contribution is 0.187. The topological polar surface area (TPSA) is 18.5 Å². The Balaban J connectivity index is 2.30. The molecule has 1 heterocycles. The smallest absolute Gasteiger partial charge is 0.406 e. The first-order chi connectivity index (χ1) is 6.38. The number of hydrogen-bond donors (Lipinski definition) is 0. The summed E-state index contributed by atoms with van der Waals surface area (Å²) in [4.78, 5) is 0. The van der Waals surface area contributed by atoms with Crippen molar-refractivity contribution in [2.75, 3.05) is 0 Å². The molecule has 2 nitrogen and oxygen atoms in total. The van der Waals surface area contributed by atoms with E-state index < -0.39 is 8.07 Å². The van der Waals surface area contributed by atoms with E-state index in [0.717, 1.165) is 6.32 Å². The van der Waals surface area contributed by atoms with Crippen LogP contribution in [-0.2, 0) is 9.31 Å². The Bertz CT molecular complexity index is 203. The fourth-order valence-corrected chi connectivity index (χ4v) is 2.22. The van der Waals surface area contributed by atoms with Gasteiger partial charge in [0.25, 0.3) is 0 Å². The molecule has 0 radical (unpaired) electrons. The van der Waals surface area contributed by atoms with E-state index in [1.807, 2.05) is 0 Å². The van der Waals surface area contributed by atoms with E-state index in [1.54, 1.807) is 0 Å². The summed E-state index contributed by atoms with van der Waals surface area (Å²) >= 11 is 0. The van der Waals surface area contributed by atoms with Crippen LogP contribution in [0, 0.1) is 0 Å². The monoisotopic (exact) mass is 212 g/mol. The fraction of sp³-hybridized carbons (Fsp3) is 0.800. The number of rotatable bonds is 3. The van der Waals surface area contributed by atoms with Crippen molar-refractivity contribution < 1.29 is 9.31 Å². The molecule has 1 aliphatic heterocycles. The molecule has 0 saturated carbocycles. The molecule has 4 heteroatoms. The summed E-state index contributed by atoms with van der Waals surface area (Å²) in [5.74, 6) is 0. The molecule has 1 rings (SSSR count). The van der Waals surface area contributed by atoms with Crippen LogP contribution < -0.4 is 0 Å². The minimum Gasteiger partial charge on any atom is -0.406 e. The molecule has 0 amide bonds. The first-order valence-electron chi connectivity index (χ1n) is 5.37. The summed E-state index contributed by atoms with van der Waals surface area (Å²) in [6, 6.07) is 0. The van der Waals surface area contributed by atoms with Crippen LogP contribution >= 0.6 is 0 Å². The van der Waals surface area contributed by atoms with Crippen molar-refractivity contribution in [3.63, 3.8) is 0 Å². The van der Waals surface area contributed by atoms with Crippen LogP contribution in [0.4, 0.5) is 0 Å². The maximum atomic E-state index is 5.63. The Labute approximate surface area is 88.8 Å². The van der Waals surface area contributed by atoms with E-state index in [1.165, 1.54) is 0 Å². The summed E-state index contributed by atoms with van der Waals surface area (Å²) in [7, 11) is -1.08. The third-order valence-corrected chi connectivity index (χ3v) is 3.58. The van der Waals surface area contributed by atoms with Crippen molar-refractivity contribution in [2.24, 2.45) is 0 Å². The summed E-state index contributed by atoms with van der Waals surface area (Å²) < 4.78 is 11.3. The standard InChI is InChI=1S/C10H21BO2Si/c1-9-10(2)13-11(12-9)7-6-8-14(3,4)5/h6,8-10H,7H2,1-5H3/b8-6+. The van der Waals surface area contributed by atoms with E-state index in [0.29, 0.717) is 0 Å². The molecule has 0 bridgehead atoms. The molecular weight excluding hydrogens is 191 g/mol. The average molecular weight is 212 g/mol. The van der Waals surface area contributed by atoms with E-state index in [-0.39, 0.29) is 19.3 Å². The highest BCUT2D eigenvalue weighted by Gasteiger charge is 2.33. The Hall–Kier alpha value is -0.0582. The largest absolute Gasteiger partial charge is 0.461 e. The molecule has 0 aromatic heterocycles. The molecule has 1 aliphatic rings. The van der Waals surface area contributed by atoms with Crippen molar-refractivity contribution in [1.29, 1.82) is 0 Å². The van der Waals surface area contributed by atoms with Gasteiger partial charge < -0.3 is 9.31 Å². The van der Waals surface area contributed by atoms with Gasteiger partial charge in [0, 0.05) is 0 Å². The summed E-state index contributed by atoms with van der Waals surface area (Å²) in [5.41, 5.74) is 2.34. The molecule has 2 atom stereocenters. The lowest BCUT2D eigenvalue weighted by atomic mass is 9.85. The molecule has 1 saturated heterocycles. The highest BCUT2D eigenvalue weighted by Crippen LogP contribution is 2.18. The van der Waals surface area contributed by atoms with Gasteiger partial charge in [0.1, 0.15) is 0 Å². The van der Waals surface area contributed by atoms with Crippen LogP contribution in [0.3, 0.4) is 0 Å². The molecule has 0 aromatic rings. The first kappa shape index (κ1) is 12.0. The predicted molar refractivity (Wildman–Crippen MR) is 64.1 cm³/mol. The van der Waals surface area contributed by atoms with Gasteiger partial charge in [-0.2, -0.15) is 0 Å². The maximum Gasteiger partial charge on any atom is 0.461 e. The highest BCUT2D eigenvalue weighted by atomic mass is 28.3. The van der Waals surface area contributed by atoms with Gasteiger partial charge in [0.2, 0.25) is 0 Å². The van der Waals surface area contributed by atoms with Gasteiger partial charge in [-0.15, -0.1) is 0 Å². The van der Waals surface area contributed by atoms with Crippen LogP contribution in [0.5, 0.6) is 0 Å². The second-order valence-electron chi connectivity index (χ2n) is 5.12. The molecule has 14 heavy (non-hydrogen) atoms. The van der Waals surface area contributed by atoms with Crippen molar-refractivity contribution in [3.8, 4) is 0 Å². The SMILES string of the molecule is CC1OB(C/C=C/[Si](C)(C)C)OC1C. The molecule has 0 N–H and O–H groups in total. The molecule has 80 valence electrons. The lowest BCUT2D eigenvalue weighted by Crippen LogP contribution is -2.17. The fourth-order valence-electron chi connectivity index (χ4n) is 1.38. The van der Waals surface area contributed by atoms with E-state index >= 15 is 0 Å². The highest BCUT2D eigenvalue weighted by molar-refractivity contribution is 6.81.